The minimum absolute atomic E-state index is 0.139. The number of nitrogens with one attached hydrogen (secondary N) is 1. The topological polar surface area (TPSA) is 42.0 Å². The van der Waals surface area contributed by atoms with Crippen molar-refractivity contribution in [1.29, 1.82) is 0 Å². The Labute approximate surface area is 168 Å². The molecular formula is C24H44N2O. The third-order valence-electron chi connectivity index (χ3n) is 5.28. The van der Waals surface area contributed by atoms with Crippen LogP contribution < -0.4 is 5.32 Å². The predicted octanol–water partition coefficient (Wildman–Crippen LogP) is 6.85. The van der Waals surface area contributed by atoms with Crippen molar-refractivity contribution >= 4 is 11.6 Å². The van der Waals surface area contributed by atoms with Crippen molar-refractivity contribution in [1.82, 2.24) is 4.98 Å². The van der Waals surface area contributed by atoms with Crippen LogP contribution in [-0.2, 0) is 17.6 Å². The van der Waals surface area contributed by atoms with E-state index in [-0.39, 0.29) is 11.2 Å². The van der Waals surface area contributed by atoms with E-state index in [1.165, 1.54) is 43.2 Å². The van der Waals surface area contributed by atoms with Crippen molar-refractivity contribution in [3.05, 3.63) is 23.4 Å². The molecule has 1 aliphatic heterocycles. The zero-order valence-electron chi connectivity index (χ0n) is 19.5. The van der Waals surface area contributed by atoms with Gasteiger partial charge in [0.1, 0.15) is 11.6 Å². The molecule has 0 spiro atoms. The van der Waals surface area contributed by atoms with Crippen LogP contribution in [-0.4, -0.2) is 17.3 Å². The molecule has 3 heteroatoms. The summed E-state index contributed by atoms with van der Waals surface area (Å²) in [5, 5.41) is 3.29. The molecule has 2 rings (SSSR count). The largest absolute Gasteiger partial charge is 0.370 e. The van der Waals surface area contributed by atoms with Crippen LogP contribution in [0.3, 0.4) is 0 Å². The number of carbonyl (C=O) groups excluding carboxylic acids is 1. The van der Waals surface area contributed by atoms with E-state index in [0.717, 1.165) is 18.8 Å². The summed E-state index contributed by atoms with van der Waals surface area (Å²) in [6, 6.07) is 2.15. The van der Waals surface area contributed by atoms with Gasteiger partial charge in [-0.1, -0.05) is 74.7 Å². The van der Waals surface area contributed by atoms with Crippen LogP contribution in [0.2, 0.25) is 0 Å². The molecule has 0 fully saturated rings. The van der Waals surface area contributed by atoms with E-state index < -0.39 is 0 Å². The molecule has 1 aromatic heterocycles. The van der Waals surface area contributed by atoms with Crippen LogP contribution in [0.5, 0.6) is 0 Å². The molecule has 156 valence electrons. The molecule has 0 saturated carbocycles. The van der Waals surface area contributed by atoms with Crippen molar-refractivity contribution < 1.29 is 4.79 Å². The number of aromatic nitrogens is 1. The first-order valence-corrected chi connectivity index (χ1v) is 10.7. The number of hydrogen-bond acceptors (Lipinski definition) is 3. The van der Waals surface area contributed by atoms with Gasteiger partial charge in [-0.05, 0) is 48.8 Å². The summed E-state index contributed by atoms with van der Waals surface area (Å²) < 4.78 is 0. The van der Waals surface area contributed by atoms with E-state index in [4.69, 9.17) is 0 Å². The summed E-state index contributed by atoms with van der Waals surface area (Å²) in [4.78, 5) is 14.8. The number of rotatable bonds is 5. The predicted molar refractivity (Wildman–Crippen MR) is 120 cm³/mol. The number of nitrogens with zero attached hydrogens (tertiary/aromatic N) is 1. The van der Waals surface area contributed by atoms with Crippen LogP contribution in [0.15, 0.2) is 12.3 Å². The van der Waals surface area contributed by atoms with Crippen LogP contribution in [0.25, 0.3) is 0 Å². The second kappa shape index (κ2) is 12.2. The summed E-state index contributed by atoms with van der Waals surface area (Å²) >= 11 is 0. The van der Waals surface area contributed by atoms with Crippen LogP contribution >= 0.6 is 0 Å². The molecule has 0 atom stereocenters. The fraction of sp³-hybridized carbons (Fsp3) is 0.750. The van der Waals surface area contributed by atoms with Gasteiger partial charge in [0.25, 0.3) is 0 Å². The van der Waals surface area contributed by atoms with E-state index in [1.54, 1.807) is 6.92 Å². The quantitative estimate of drug-likeness (QED) is 0.611. The molecule has 3 nitrogen and oxygen atoms in total. The average molecular weight is 377 g/mol. The normalized spacial score (nSPS) is 12.8. The molecule has 0 bridgehead atoms. The molecule has 27 heavy (non-hydrogen) atoms. The van der Waals surface area contributed by atoms with Crippen molar-refractivity contribution in [3.63, 3.8) is 0 Å². The molecule has 0 saturated heterocycles. The molecule has 0 unspecified atom stereocenters. The standard InChI is InChI=1S/C10H14N2.C8H18.C6H12O/c1-2-3-8-4-6-11-10-9(8)5-7-12-10;1-5-7-8(3,4)6-2;1-5(7)6(2,3)4/h4,6H,2-3,5,7H2,1H3,(H,11,12);5-7H2,1-4H3;1-4H3. The molecule has 0 aliphatic carbocycles. The second-order valence-electron chi connectivity index (χ2n) is 9.30. The summed E-state index contributed by atoms with van der Waals surface area (Å²) in [5.74, 6) is 1.36. The van der Waals surface area contributed by atoms with E-state index in [1.807, 2.05) is 27.0 Å². The van der Waals surface area contributed by atoms with Crippen LogP contribution in [0.4, 0.5) is 5.82 Å². The van der Waals surface area contributed by atoms with Crippen molar-refractivity contribution in [2.24, 2.45) is 10.8 Å². The lowest BCUT2D eigenvalue weighted by molar-refractivity contribution is -0.124. The van der Waals surface area contributed by atoms with Crippen LogP contribution in [0.1, 0.15) is 99.1 Å². The van der Waals surface area contributed by atoms with Gasteiger partial charge in [0.15, 0.2) is 0 Å². The first-order valence-electron chi connectivity index (χ1n) is 10.7. The Hall–Kier alpha value is -1.38. The minimum Gasteiger partial charge on any atom is -0.370 e. The first kappa shape index (κ1) is 25.6. The number of fused-ring (bicyclic) bond motifs is 1. The van der Waals surface area contributed by atoms with Gasteiger partial charge in [0.05, 0.1) is 0 Å². The van der Waals surface area contributed by atoms with E-state index in [0.29, 0.717) is 5.41 Å². The smallest absolute Gasteiger partial charge is 0.135 e. The first-order chi connectivity index (χ1) is 12.5. The molecule has 0 amide bonds. The molecular weight excluding hydrogens is 332 g/mol. The van der Waals surface area contributed by atoms with Gasteiger partial charge in [-0.2, -0.15) is 0 Å². The molecule has 1 N–H and O–H groups in total. The van der Waals surface area contributed by atoms with Gasteiger partial charge < -0.3 is 5.32 Å². The highest BCUT2D eigenvalue weighted by atomic mass is 16.1. The zero-order chi connectivity index (χ0) is 21.1. The minimum atomic E-state index is -0.139. The third-order valence-corrected chi connectivity index (χ3v) is 5.28. The van der Waals surface area contributed by atoms with Gasteiger partial charge in [0.2, 0.25) is 0 Å². The van der Waals surface area contributed by atoms with Crippen molar-refractivity contribution in [2.75, 3.05) is 11.9 Å². The van der Waals surface area contributed by atoms with Gasteiger partial charge in [-0.3, -0.25) is 4.79 Å². The van der Waals surface area contributed by atoms with Gasteiger partial charge in [-0.15, -0.1) is 0 Å². The summed E-state index contributed by atoms with van der Waals surface area (Å²) in [7, 11) is 0. The number of anilines is 1. The van der Waals surface area contributed by atoms with E-state index in [2.05, 4.69) is 51.0 Å². The number of hydrogen-bond donors (Lipinski definition) is 1. The highest BCUT2D eigenvalue weighted by Crippen LogP contribution is 2.25. The highest BCUT2D eigenvalue weighted by molar-refractivity contribution is 5.80. The lowest BCUT2D eigenvalue weighted by atomic mass is 9.86. The summed E-state index contributed by atoms with van der Waals surface area (Å²) in [5.41, 5.74) is 3.38. The van der Waals surface area contributed by atoms with Crippen molar-refractivity contribution in [3.8, 4) is 0 Å². The average Bonchev–Trinajstić information content (AvgIpc) is 3.05. The number of pyridine rings is 1. The Morgan fingerprint density at radius 3 is 2.11 bits per heavy atom. The fourth-order valence-corrected chi connectivity index (χ4v) is 2.63. The Bertz CT molecular complexity index is 556. The van der Waals surface area contributed by atoms with Crippen molar-refractivity contribution in [2.45, 2.75) is 101 Å². The Morgan fingerprint density at radius 2 is 1.70 bits per heavy atom. The number of Topliss-reactive ketones (excluding diaryl/α,β-unsaturated/α-hetero) is 1. The highest BCUT2D eigenvalue weighted by Gasteiger charge is 2.15. The second-order valence-corrected chi connectivity index (χ2v) is 9.30. The molecule has 0 radical (unpaired) electrons. The maximum atomic E-state index is 10.5. The number of ketones is 1. The summed E-state index contributed by atoms with van der Waals surface area (Å²) in [6.45, 7) is 19.8. The Kier molecular flexibility index (Phi) is 11.5. The van der Waals surface area contributed by atoms with Gasteiger partial charge >= 0.3 is 0 Å². The third kappa shape index (κ3) is 10.5. The van der Waals surface area contributed by atoms with Gasteiger partial charge in [0, 0.05) is 18.2 Å². The summed E-state index contributed by atoms with van der Waals surface area (Å²) in [6.07, 6.45) is 9.45. The fourth-order valence-electron chi connectivity index (χ4n) is 2.63. The molecule has 0 aromatic carbocycles. The number of aryl methyl sites for hydroxylation is 1. The lowest BCUT2D eigenvalue weighted by Crippen LogP contribution is -2.15. The molecule has 1 aliphatic rings. The Morgan fingerprint density at radius 1 is 1.11 bits per heavy atom. The molecule has 1 aromatic rings. The van der Waals surface area contributed by atoms with E-state index >= 15 is 0 Å². The van der Waals surface area contributed by atoms with E-state index in [9.17, 15) is 4.79 Å². The SMILES string of the molecule is CC(=O)C(C)(C)C.CCCC(C)(C)CC.CCCc1ccnc2c1CCN2. The Balaban J connectivity index is 0.000000399. The monoisotopic (exact) mass is 376 g/mol. The van der Waals surface area contributed by atoms with Crippen LogP contribution in [0, 0.1) is 10.8 Å². The molecule has 2 heterocycles. The maximum absolute atomic E-state index is 10.5. The lowest BCUT2D eigenvalue weighted by Gasteiger charge is -2.20. The number of carbonyl (C=O) groups is 1. The maximum Gasteiger partial charge on any atom is 0.135 e. The van der Waals surface area contributed by atoms with Gasteiger partial charge in [-0.25, -0.2) is 4.98 Å². The zero-order valence-corrected chi connectivity index (χ0v) is 19.5.